The minimum Gasteiger partial charge on any atom is -0.381 e. The molecule has 2 aliphatic rings. The Labute approximate surface area is 168 Å². The number of hydrogen-bond donors (Lipinski definition) is 0. The quantitative estimate of drug-likeness (QED) is 0.697. The first-order chi connectivity index (χ1) is 13.4. The average Bonchev–Trinajstić information content (AvgIpc) is 2.74. The van der Waals surface area contributed by atoms with E-state index in [1.807, 2.05) is 44.9 Å². The second kappa shape index (κ2) is 8.86. The molecular weight excluding hydrogens is 352 g/mol. The summed E-state index contributed by atoms with van der Waals surface area (Å²) in [4.78, 5) is 24.6. The van der Waals surface area contributed by atoms with Gasteiger partial charge in [-0.2, -0.15) is 14.3 Å². The third-order valence-electron chi connectivity index (χ3n) is 5.69. The van der Waals surface area contributed by atoms with Gasteiger partial charge in [-0.3, -0.25) is 0 Å². The third-order valence-corrected chi connectivity index (χ3v) is 5.69. The number of rotatable bonds is 5. The number of aryl methyl sites for hydroxylation is 1. The van der Waals surface area contributed by atoms with Crippen molar-refractivity contribution < 1.29 is 9.53 Å². The highest BCUT2D eigenvalue weighted by molar-refractivity contribution is 5.82. The minimum absolute atomic E-state index is 0.0773. The third kappa shape index (κ3) is 4.43. The summed E-state index contributed by atoms with van der Waals surface area (Å²) in [6, 6.07) is 0.463. The van der Waals surface area contributed by atoms with Crippen LogP contribution in [-0.2, 0) is 11.2 Å². The Balaban J connectivity index is 1.86. The molecule has 28 heavy (non-hydrogen) atoms. The van der Waals surface area contributed by atoms with Gasteiger partial charge in [-0.05, 0) is 44.3 Å². The van der Waals surface area contributed by atoms with Crippen LogP contribution < -0.4 is 9.38 Å². The highest BCUT2D eigenvalue weighted by atomic mass is 16.6. The van der Waals surface area contributed by atoms with Crippen molar-refractivity contribution in [3.05, 3.63) is 42.2 Å². The predicted octanol–water partition coefficient (Wildman–Crippen LogP) is 4.56. The molecule has 0 aromatic carbocycles. The van der Waals surface area contributed by atoms with E-state index < -0.39 is 0 Å². The number of aromatic nitrogens is 2. The SMILES string of the molecule is CCc1cnc(N(C)C2CCCCC2)nc1[N+](C)(C)C(=O)OC1=CC[CH]C=C1. The predicted molar refractivity (Wildman–Crippen MR) is 113 cm³/mol. The Morgan fingerprint density at radius 1 is 1.29 bits per heavy atom. The highest BCUT2D eigenvalue weighted by Crippen LogP contribution is 2.29. The van der Waals surface area contributed by atoms with Gasteiger partial charge in [0.15, 0.2) is 0 Å². The molecule has 0 atom stereocenters. The molecule has 1 aromatic rings. The van der Waals surface area contributed by atoms with E-state index in [-0.39, 0.29) is 10.6 Å². The molecule has 0 N–H and O–H groups in total. The maximum Gasteiger partial charge on any atom is 0.527 e. The zero-order chi connectivity index (χ0) is 20.1. The Bertz CT molecular complexity index is 764. The van der Waals surface area contributed by atoms with Gasteiger partial charge >= 0.3 is 6.09 Å². The molecule has 1 aromatic heterocycles. The molecule has 6 heteroatoms. The molecule has 1 saturated carbocycles. The number of nitrogens with zero attached hydrogens (tertiary/aromatic N) is 4. The monoisotopic (exact) mass is 384 g/mol. The van der Waals surface area contributed by atoms with Crippen molar-refractivity contribution in [2.75, 3.05) is 26.0 Å². The molecule has 0 bridgehead atoms. The van der Waals surface area contributed by atoms with Crippen molar-refractivity contribution in [1.82, 2.24) is 14.5 Å². The van der Waals surface area contributed by atoms with Crippen molar-refractivity contribution in [2.45, 2.75) is 57.9 Å². The number of allylic oxidation sites excluding steroid dienone is 3. The largest absolute Gasteiger partial charge is 0.527 e. The summed E-state index contributed by atoms with van der Waals surface area (Å²) in [7, 11) is 5.72. The van der Waals surface area contributed by atoms with Crippen molar-refractivity contribution in [2.24, 2.45) is 0 Å². The molecule has 2 aliphatic carbocycles. The fourth-order valence-electron chi connectivity index (χ4n) is 3.79. The summed E-state index contributed by atoms with van der Waals surface area (Å²) in [5.41, 5.74) is 0.962. The van der Waals surface area contributed by atoms with Crippen LogP contribution in [0.3, 0.4) is 0 Å². The maximum atomic E-state index is 13.0. The van der Waals surface area contributed by atoms with Gasteiger partial charge in [-0.25, -0.2) is 4.98 Å². The molecule has 3 rings (SSSR count). The number of carbonyl (C=O) groups is 1. The lowest BCUT2D eigenvalue weighted by molar-refractivity contribution is 0.148. The van der Waals surface area contributed by atoms with Crippen LogP contribution in [0.5, 0.6) is 0 Å². The number of carbonyl (C=O) groups excluding carboxylic acids is 1. The number of amides is 1. The molecule has 1 fully saturated rings. The summed E-state index contributed by atoms with van der Waals surface area (Å²) < 4.78 is 5.56. The van der Waals surface area contributed by atoms with Crippen molar-refractivity contribution in [1.29, 1.82) is 0 Å². The number of ether oxygens (including phenoxy) is 1. The van der Waals surface area contributed by atoms with Crippen molar-refractivity contribution in [3.8, 4) is 0 Å². The van der Waals surface area contributed by atoms with Gasteiger partial charge < -0.3 is 9.64 Å². The first-order valence-electron chi connectivity index (χ1n) is 10.3. The van der Waals surface area contributed by atoms with E-state index in [2.05, 4.69) is 23.9 Å². The van der Waals surface area contributed by atoms with Crippen LogP contribution in [-0.4, -0.2) is 43.2 Å². The summed E-state index contributed by atoms with van der Waals surface area (Å²) >= 11 is 0. The fourth-order valence-corrected chi connectivity index (χ4v) is 3.79. The van der Waals surface area contributed by atoms with Gasteiger partial charge in [-0.1, -0.05) is 32.3 Å². The molecule has 1 heterocycles. The highest BCUT2D eigenvalue weighted by Gasteiger charge is 2.37. The number of anilines is 1. The van der Waals surface area contributed by atoms with Gasteiger partial charge in [0.05, 0.1) is 19.7 Å². The topological polar surface area (TPSA) is 55.3 Å². The minimum atomic E-state index is -0.350. The lowest BCUT2D eigenvalue weighted by atomic mass is 9.95. The van der Waals surface area contributed by atoms with Crippen molar-refractivity contribution in [3.63, 3.8) is 0 Å². The molecule has 151 valence electrons. The molecule has 0 unspecified atom stereocenters. The van der Waals surface area contributed by atoms with Gasteiger partial charge in [0.25, 0.3) is 0 Å². The lowest BCUT2D eigenvalue weighted by Crippen LogP contribution is -2.48. The smallest absolute Gasteiger partial charge is 0.381 e. The average molecular weight is 385 g/mol. The van der Waals surface area contributed by atoms with E-state index in [4.69, 9.17) is 9.72 Å². The van der Waals surface area contributed by atoms with E-state index in [1.165, 1.54) is 32.1 Å². The molecule has 1 radical (unpaired) electrons. The first kappa shape index (κ1) is 20.5. The second-order valence-electron chi connectivity index (χ2n) is 8.03. The molecule has 1 amide bonds. The Hall–Kier alpha value is -2.21. The van der Waals surface area contributed by atoms with Gasteiger partial charge in [0.2, 0.25) is 11.8 Å². The summed E-state index contributed by atoms with van der Waals surface area (Å²) in [6.45, 7) is 2.06. The molecule has 6 nitrogen and oxygen atoms in total. The van der Waals surface area contributed by atoms with Crippen LogP contribution >= 0.6 is 0 Å². The molecular formula is C22H32N4O2+. The zero-order valence-electron chi connectivity index (χ0n) is 17.5. The molecule has 0 spiro atoms. The Kier molecular flexibility index (Phi) is 6.50. The second-order valence-corrected chi connectivity index (χ2v) is 8.03. The Morgan fingerprint density at radius 2 is 2.04 bits per heavy atom. The number of quaternary nitrogens is 1. The van der Waals surface area contributed by atoms with Crippen LogP contribution in [0.25, 0.3) is 0 Å². The van der Waals surface area contributed by atoms with Gasteiger partial charge in [-0.15, -0.1) is 0 Å². The first-order valence-corrected chi connectivity index (χ1v) is 10.3. The summed E-state index contributed by atoms with van der Waals surface area (Å²) in [5, 5.41) is 0. The van der Waals surface area contributed by atoms with Crippen molar-refractivity contribution >= 4 is 17.9 Å². The normalized spacial score (nSPS) is 17.9. The van der Waals surface area contributed by atoms with Crippen LogP contribution in [0, 0.1) is 6.42 Å². The van der Waals surface area contributed by atoms with Gasteiger partial charge in [0, 0.05) is 19.3 Å². The number of hydrogen-bond acceptors (Lipinski definition) is 5. The maximum absolute atomic E-state index is 13.0. The van der Waals surface area contributed by atoms with E-state index in [9.17, 15) is 4.79 Å². The standard InChI is InChI=1S/C22H32N4O2/c1-5-17-16-23-21(25(2)18-12-8-6-9-13-18)24-20(17)26(3,4)22(27)28-19-14-10-7-11-15-19/h7,10,14-16,18H,5-6,8-9,11-13H2,1-4H3/q+1. The van der Waals surface area contributed by atoms with Crippen LogP contribution in [0.4, 0.5) is 16.6 Å². The Morgan fingerprint density at radius 3 is 2.68 bits per heavy atom. The molecule has 0 aliphatic heterocycles. The lowest BCUT2D eigenvalue weighted by Gasteiger charge is -2.32. The fraction of sp³-hybridized carbons (Fsp3) is 0.545. The van der Waals surface area contributed by atoms with E-state index in [1.54, 1.807) is 0 Å². The molecule has 0 saturated heterocycles. The zero-order valence-corrected chi connectivity index (χ0v) is 17.5. The van der Waals surface area contributed by atoms with E-state index in [0.29, 0.717) is 23.6 Å². The van der Waals surface area contributed by atoms with Crippen LogP contribution in [0.1, 0.15) is 51.0 Å². The van der Waals surface area contributed by atoms with Gasteiger partial charge in [0.1, 0.15) is 5.76 Å². The van der Waals surface area contributed by atoms with E-state index in [0.717, 1.165) is 18.4 Å². The summed E-state index contributed by atoms with van der Waals surface area (Å²) in [6.07, 6.45) is 16.8. The summed E-state index contributed by atoms with van der Waals surface area (Å²) in [5.74, 6) is 1.97. The van der Waals surface area contributed by atoms with Crippen LogP contribution in [0.15, 0.2) is 30.2 Å². The van der Waals surface area contributed by atoms with Crippen LogP contribution in [0.2, 0.25) is 0 Å². The van der Waals surface area contributed by atoms with E-state index >= 15 is 0 Å².